The highest BCUT2D eigenvalue weighted by Gasteiger charge is 2.61. The number of fused-ring (bicyclic) bond motifs is 1. The zero-order valence-electron chi connectivity index (χ0n) is 18.0. The average molecular weight is 431 g/mol. The van der Waals surface area contributed by atoms with Crippen LogP contribution in [0.25, 0.3) is 11.3 Å². The monoisotopic (exact) mass is 430 g/mol. The van der Waals surface area contributed by atoms with Gasteiger partial charge in [0.25, 0.3) is 5.92 Å². The van der Waals surface area contributed by atoms with Crippen LogP contribution in [0.1, 0.15) is 69.4 Å². The second-order valence-corrected chi connectivity index (χ2v) is 9.81. The summed E-state index contributed by atoms with van der Waals surface area (Å²) in [6, 6.07) is 8.92. The highest BCUT2D eigenvalue weighted by Crippen LogP contribution is 2.48. The van der Waals surface area contributed by atoms with E-state index in [-0.39, 0.29) is 12.5 Å². The predicted octanol–water partition coefficient (Wildman–Crippen LogP) is 5.63. The van der Waals surface area contributed by atoms with E-state index < -0.39 is 17.7 Å². The summed E-state index contributed by atoms with van der Waals surface area (Å²) < 4.78 is 32.0. The molecule has 5 aliphatic rings. The zero-order chi connectivity index (χ0) is 21.4. The molecule has 3 aliphatic carbocycles. The maximum Gasteiger partial charge on any atom is 0.260 e. The Morgan fingerprint density at radius 1 is 1.16 bits per heavy atom. The predicted molar refractivity (Wildman–Crippen MR) is 115 cm³/mol. The van der Waals surface area contributed by atoms with Gasteiger partial charge in [0.15, 0.2) is 0 Å². The number of amides is 1. The number of piperidine rings is 1. The fraction of sp³-hybridized carbons (Fsp3) is 0.640. The summed E-state index contributed by atoms with van der Waals surface area (Å²) in [5.41, 5.74) is 2.45. The van der Waals surface area contributed by atoms with E-state index in [1.807, 2.05) is 18.4 Å². The topological polar surface area (TPSA) is 45.5 Å². The molecule has 168 valence electrons. The van der Waals surface area contributed by atoms with E-state index in [1.54, 1.807) is 0 Å². The van der Waals surface area contributed by atoms with Crippen molar-refractivity contribution in [1.29, 1.82) is 0 Å². The maximum atomic E-state index is 13.1. The van der Waals surface area contributed by atoms with E-state index in [0.29, 0.717) is 12.0 Å². The van der Waals surface area contributed by atoms with Crippen molar-refractivity contribution >= 4 is 5.91 Å². The Kier molecular flexibility index (Phi) is 5.76. The molecule has 31 heavy (non-hydrogen) atoms. The van der Waals surface area contributed by atoms with Crippen LogP contribution in [0.5, 0.6) is 0 Å². The summed E-state index contributed by atoms with van der Waals surface area (Å²) in [5.74, 6) is -2.70. The highest BCUT2D eigenvalue weighted by atomic mass is 19.3. The van der Waals surface area contributed by atoms with Crippen LogP contribution >= 0.6 is 0 Å². The van der Waals surface area contributed by atoms with Crippen molar-refractivity contribution in [3.8, 4) is 11.3 Å². The molecular formula is C25H32F2N2O2. The molecule has 0 radical (unpaired) electrons. The first kappa shape index (κ1) is 20.9. The van der Waals surface area contributed by atoms with Crippen molar-refractivity contribution in [1.82, 2.24) is 10.2 Å². The van der Waals surface area contributed by atoms with E-state index >= 15 is 0 Å². The molecule has 6 heteroatoms. The normalized spacial score (nSPS) is 30.9. The Morgan fingerprint density at radius 3 is 2.74 bits per heavy atom. The third-order valence-electron chi connectivity index (χ3n) is 7.61. The number of nitrogens with one attached hydrogen (secondary N) is 1. The molecule has 1 N–H and O–H groups in total. The van der Waals surface area contributed by atoms with Crippen molar-refractivity contribution in [3.05, 3.63) is 36.1 Å². The Balaban J connectivity index is 1.11. The number of halogens is 2. The van der Waals surface area contributed by atoms with Crippen molar-refractivity contribution in [3.63, 3.8) is 0 Å². The quantitative estimate of drug-likeness (QED) is 0.646. The van der Waals surface area contributed by atoms with Crippen LogP contribution in [-0.4, -0.2) is 35.9 Å². The molecule has 0 aromatic carbocycles. The molecule has 2 unspecified atom stereocenters. The van der Waals surface area contributed by atoms with Crippen LogP contribution in [0.15, 0.2) is 34.9 Å². The summed E-state index contributed by atoms with van der Waals surface area (Å²) in [4.78, 5) is 14.6. The van der Waals surface area contributed by atoms with Crippen molar-refractivity contribution in [2.24, 2.45) is 11.8 Å². The lowest BCUT2D eigenvalue weighted by molar-refractivity contribution is -0.125. The largest absolute Gasteiger partial charge is 0.464 e. The number of rotatable bonds is 6. The molecule has 4 nitrogen and oxygen atoms in total. The summed E-state index contributed by atoms with van der Waals surface area (Å²) in [7, 11) is 0. The Hall–Kier alpha value is -1.95. The number of hydrogen-bond donors (Lipinski definition) is 1. The van der Waals surface area contributed by atoms with Gasteiger partial charge < -0.3 is 9.73 Å². The Labute approximate surface area is 182 Å². The summed E-state index contributed by atoms with van der Waals surface area (Å²) in [6.07, 6.45) is 10.4. The van der Waals surface area contributed by atoms with Crippen LogP contribution in [0.4, 0.5) is 8.78 Å². The number of carbonyl (C=O) groups excluding carboxylic acids is 1. The summed E-state index contributed by atoms with van der Waals surface area (Å²) in [6.45, 7) is 2.21. The average Bonchev–Trinajstić information content (AvgIpc) is 3.19. The molecule has 2 saturated carbocycles. The first-order chi connectivity index (χ1) is 15.0. The second-order valence-electron chi connectivity index (χ2n) is 9.81. The molecule has 1 amide bonds. The van der Waals surface area contributed by atoms with E-state index in [2.05, 4.69) is 22.3 Å². The van der Waals surface area contributed by atoms with Gasteiger partial charge in [0.1, 0.15) is 11.7 Å². The number of nitrogens with zero attached hydrogens (tertiary/aromatic N) is 1. The van der Waals surface area contributed by atoms with Crippen LogP contribution < -0.4 is 5.32 Å². The van der Waals surface area contributed by atoms with Gasteiger partial charge in [-0.25, -0.2) is 8.78 Å². The molecule has 2 atom stereocenters. The van der Waals surface area contributed by atoms with Crippen LogP contribution in [0.2, 0.25) is 0 Å². The SMILES string of the molecule is O=C(NC1CCC(CCN2CCCCC2c2coc3cccc-3c2)CC1)C1CC1(F)F. The molecule has 1 saturated heterocycles. The van der Waals surface area contributed by atoms with Gasteiger partial charge in [0, 0.05) is 29.6 Å². The van der Waals surface area contributed by atoms with E-state index in [4.69, 9.17) is 4.42 Å². The molecular weight excluding hydrogens is 398 g/mol. The molecule has 5 rings (SSSR count). The number of hydrogen-bond acceptors (Lipinski definition) is 3. The Morgan fingerprint density at radius 2 is 1.97 bits per heavy atom. The van der Waals surface area contributed by atoms with Gasteiger partial charge in [-0.1, -0.05) is 18.6 Å². The summed E-state index contributed by atoms with van der Waals surface area (Å²) in [5, 5.41) is 2.86. The van der Waals surface area contributed by atoms with Crippen molar-refractivity contribution in [2.45, 2.75) is 75.8 Å². The van der Waals surface area contributed by atoms with Gasteiger partial charge in [-0.15, -0.1) is 0 Å². The minimum atomic E-state index is -2.77. The third kappa shape index (κ3) is 4.64. The van der Waals surface area contributed by atoms with Gasteiger partial charge in [0.2, 0.25) is 5.91 Å². The number of likely N-dealkylation sites (tertiary alicyclic amines) is 1. The fourth-order valence-electron chi connectivity index (χ4n) is 5.54. The molecule has 0 aromatic heterocycles. The third-order valence-corrected chi connectivity index (χ3v) is 7.61. The van der Waals surface area contributed by atoms with Crippen LogP contribution in [0.3, 0.4) is 0 Å². The Bertz CT molecular complexity index is 874. The maximum absolute atomic E-state index is 13.1. The zero-order valence-corrected chi connectivity index (χ0v) is 18.0. The van der Waals surface area contributed by atoms with Gasteiger partial charge >= 0.3 is 0 Å². The van der Waals surface area contributed by atoms with E-state index in [1.165, 1.54) is 30.4 Å². The lowest BCUT2D eigenvalue weighted by atomic mass is 9.83. The highest BCUT2D eigenvalue weighted by molar-refractivity contribution is 5.83. The molecule has 3 fully saturated rings. The second kappa shape index (κ2) is 8.53. The van der Waals surface area contributed by atoms with Crippen molar-refractivity contribution < 1.29 is 18.0 Å². The molecule has 0 aromatic rings. The van der Waals surface area contributed by atoms with Gasteiger partial charge in [-0.05, 0) is 76.1 Å². The standard InChI is InChI=1S/C25H32F2N2O2/c26-25(27)15-21(25)24(30)28-20-9-7-17(8-10-20)11-13-29-12-2-1-5-22(29)19-14-18-4-3-6-23(18)31-16-19/h3-4,6,14,16-17,20-22H,1-2,5,7-13,15H2,(H,28,30). The van der Waals surface area contributed by atoms with E-state index in [0.717, 1.165) is 51.0 Å². The number of carbonyl (C=O) groups is 1. The minimum Gasteiger partial charge on any atom is -0.464 e. The number of alkyl halides is 2. The fourth-order valence-corrected chi connectivity index (χ4v) is 5.54. The molecule has 2 aliphatic heterocycles. The van der Waals surface area contributed by atoms with E-state index in [9.17, 15) is 13.6 Å². The van der Waals surface area contributed by atoms with Gasteiger partial charge in [-0.2, -0.15) is 0 Å². The first-order valence-corrected chi connectivity index (χ1v) is 11.9. The van der Waals surface area contributed by atoms with Crippen LogP contribution in [0, 0.1) is 11.8 Å². The molecule has 0 bridgehead atoms. The van der Waals surface area contributed by atoms with Crippen molar-refractivity contribution in [2.75, 3.05) is 13.1 Å². The molecule has 2 heterocycles. The lowest BCUT2D eigenvalue weighted by Gasteiger charge is -2.37. The summed E-state index contributed by atoms with van der Waals surface area (Å²) >= 11 is 0. The first-order valence-electron chi connectivity index (χ1n) is 11.9. The van der Waals surface area contributed by atoms with Gasteiger partial charge in [-0.3, -0.25) is 9.69 Å². The minimum absolute atomic E-state index is 0.0702. The smallest absolute Gasteiger partial charge is 0.260 e. The van der Waals surface area contributed by atoms with Gasteiger partial charge in [0.05, 0.1) is 6.26 Å². The van der Waals surface area contributed by atoms with Crippen LogP contribution in [-0.2, 0) is 4.79 Å². The lowest BCUT2D eigenvalue weighted by Crippen LogP contribution is -2.40. The molecule has 0 spiro atoms.